The number of amides is 1. The molecule has 1 N–H and O–H groups in total. The van der Waals surface area contributed by atoms with E-state index in [2.05, 4.69) is 6.92 Å². The van der Waals surface area contributed by atoms with Gasteiger partial charge in [0.1, 0.15) is 5.60 Å². The molecule has 4 nitrogen and oxygen atoms in total. The number of piperidine rings is 1. The number of rotatable bonds is 1. The van der Waals surface area contributed by atoms with E-state index < -0.39 is 5.60 Å². The summed E-state index contributed by atoms with van der Waals surface area (Å²) in [6.45, 7) is 9.42. The molecule has 0 aromatic rings. The van der Waals surface area contributed by atoms with E-state index in [9.17, 15) is 9.90 Å². The van der Waals surface area contributed by atoms with Crippen LogP contribution in [0.1, 0.15) is 53.4 Å². The average Bonchev–Trinajstić information content (AvgIpc) is 2.59. The Balaban J connectivity index is 1.69. The Hall–Kier alpha value is -0.770. The molecular weight excluding hydrogens is 266 g/mol. The summed E-state index contributed by atoms with van der Waals surface area (Å²) in [5, 5.41) is 10.6. The number of carbonyl (C=O) groups excluding carboxylic acids is 1. The van der Waals surface area contributed by atoms with E-state index in [1.165, 1.54) is 0 Å². The highest BCUT2D eigenvalue weighted by Gasteiger charge is 2.65. The van der Waals surface area contributed by atoms with Crippen LogP contribution in [-0.4, -0.2) is 40.9 Å². The third kappa shape index (κ3) is 2.26. The molecule has 0 aromatic heterocycles. The molecule has 2 saturated carbocycles. The van der Waals surface area contributed by atoms with Crippen LogP contribution in [0, 0.1) is 23.2 Å². The topological polar surface area (TPSA) is 49.8 Å². The smallest absolute Gasteiger partial charge is 0.410 e. The van der Waals surface area contributed by atoms with Crippen molar-refractivity contribution in [3.63, 3.8) is 0 Å². The second-order valence-electron chi connectivity index (χ2n) is 8.29. The summed E-state index contributed by atoms with van der Waals surface area (Å²) < 4.78 is 5.52. The van der Waals surface area contributed by atoms with E-state index in [0.29, 0.717) is 17.8 Å². The predicted octanol–water partition coefficient (Wildman–Crippen LogP) is 3.04. The Morgan fingerprint density at radius 2 is 1.86 bits per heavy atom. The van der Waals surface area contributed by atoms with Crippen LogP contribution in [0.3, 0.4) is 0 Å². The van der Waals surface area contributed by atoms with Crippen molar-refractivity contribution in [1.82, 2.24) is 4.90 Å². The van der Waals surface area contributed by atoms with E-state index in [1.807, 2.05) is 25.7 Å². The number of aliphatic hydroxyl groups excluding tert-OH is 1. The Morgan fingerprint density at radius 1 is 1.29 bits per heavy atom. The van der Waals surface area contributed by atoms with Crippen molar-refractivity contribution in [3.05, 3.63) is 0 Å². The predicted molar refractivity (Wildman–Crippen MR) is 80.9 cm³/mol. The average molecular weight is 295 g/mol. The van der Waals surface area contributed by atoms with Crippen LogP contribution in [0.2, 0.25) is 0 Å². The lowest BCUT2D eigenvalue weighted by atomic mass is 9.49. The van der Waals surface area contributed by atoms with Crippen LogP contribution in [0.15, 0.2) is 0 Å². The maximum absolute atomic E-state index is 12.3. The van der Waals surface area contributed by atoms with Crippen molar-refractivity contribution in [1.29, 1.82) is 0 Å². The van der Waals surface area contributed by atoms with Gasteiger partial charge in [-0.05, 0) is 57.8 Å². The number of hydrogen-bond acceptors (Lipinski definition) is 3. The molecule has 4 heteroatoms. The molecule has 2 bridgehead atoms. The molecule has 120 valence electrons. The van der Waals surface area contributed by atoms with Crippen molar-refractivity contribution in [2.75, 3.05) is 13.1 Å². The standard InChI is InChI=1S/C17H29NO3/c1-5-11-8-17(14(11)19)12-6-7-13(17)10-18(9-12)15(20)21-16(2,3)4/h11-14,19H,5-10H2,1-4H3. The van der Waals surface area contributed by atoms with Gasteiger partial charge in [0.15, 0.2) is 0 Å². The molecule has 1 aliphatic heterocycles. The van der Waals surface area contributed by atoms with Gasteiger partial charge in [-0.1, -0.05) is 13.3 Å². The van der Waals surface area contributed by atoms with Crippen molar-refractivity contribution < 1.29 is 14.6 Å². The van der Waals surface area contributed by atoms with Crippen molar-refractivity contribution in [3.8, 4) is 0 Å². The molecular formula is C17H29NO3. The van der Waals surface area contributed by atoms with Gasteiger partial charge in [0.05, 0.1) is 6.10 Å². The van der Waals surface area contributed by atoms with Gasteiger partial charge >= 0.3 is 6.09 Å². The number of ether oxygens (including phenoxy) is 1. The van der Waals surface area contributed by atoms with Crippen LogP contribution in [0.25, 0.3) is 0 Å². The summed E-state index contributed by atoms with van der Waals surface area (Å²) in [5.41, 5.74) is -0.326. The summed E-state index contributed by atoms with van der Waals surface area (Å²) >= 11 is 0. The Morgan fingerprint density at radius 3 is 2.29 bits per heavy atom. The van der Waals surface area contributed by atoms with E-state index in [1.54, 1.807) is 0 Å². The molecule has 0 radical (unpaired) electrons. The first-order valence-electron chi connectivity index (χ1n) is 8.44. The van der Waals surface area contributed by atoms with Gasteiger partial charge in [0.2, 0.25) is 0 Å². The summed E-state index contributed by atoms with van der Waals surface area (Å²) in [7, 11) is 0. The minimum atomic E-state index is -0.436. The van der Waals surface area contributed by atoms with Crippen molar-refractivity contribution in [2.45, 2.75) is 65.1 Å². The summed E-state index contributed by atoms with van der Waals surface area (Å²) in [5.74, 6) is 1.39. The maximum atomic E-state index is 12.3. The van der Waals surface area contributed by atoms with Gasteiger partial charge in [-0.15, -0.1) is 0 Å². The fourth-order valence-corrected chi connectivity index (χ4v) is 5.03. The van der Waals surface area contributed by atoms with E-state index in [-0.39, 0.29) is 17.6 Å². The molecule has 1 heterocycles. The third-order valence-electron chi connectivity index (χ3n) is 6.05. The quantitative estimate of drug-likeness (QED) is 0.809. The van der Waals surface area contributed by atoms with E-state index in [4.69, 9.17) is 4.74 Å². The molecule has 1 spiro atoms. The zero-order valence-corrected chi connectivity index (χ0v) is 13.8. The molecule has 3 fully saturated rings. The number of carbonyl (C=O) groups is 1. The largest absolute Gasteiger partial charge is 0.444 e. The molecule has 21 heavy (non-hydrogen) atoms. The molecule has 4 atom stereocenters. The van der Waals surface area contributed by atoms with Crippen LogP contribution < -0.4 is 0 Å². The van der Waals surface area contributed by atoms with Gasteiger partial charge in [0, 0.05) is 18.5 Å². The second kappa shape index (κ2) is 4.87. The highest BCUT2D eigenvalue weighted by molar-refractivity contribution is 5.68. The van der Waals surface area contributed by atoms with E-state index >= 15 is 0 Å². The second-order valence-corrected chi connectivity index (χ2v) is 8.29. The lowest BCUT2D eigenvalue weighted by molar-refractivity contribution is -0.187. The third-order valence-corrected chi connectivity index (χ3v) is 6.05. The van der Waals surface area contributed by atoms with Gasteiger partial charge in [0.25, 0.3) is 0 Å². The number of aliphatic hydroxyl groups is 1. The zero-order chi connectivity index (χ0) is 15.4. The summed E-state index contributed by atoms with van der Waals surface area (Å²) in [6, 6.07) is 0. The van der Waals surface area contributed by atoms with Crippen LogP contribution >= 0.6 is 0 Å². The van der Waals surface area contributed by atoms with Crippen LogP contribution in [0.4, 0.5) is 4.79 Å². The number of likely N-dealkylation sites (tertiary alicyclic amines) is 1. The number of nitrogens with zero attached hydrogens (tertiary/aromatic N) is 1. The lowest BCUT2D eigenvalue weighted by Crippen LogP contribution is -2.64. The Labute approximate surface area is 127 Å². The first-order valence-corrected chi connectivity index (χ1v) is 8.44. The highest BCUT2D eigenvalue weighted by atomic mass is 16.6. The van der Waals surface area contributed by atoms with Gasteiger partial charge in [-0.3, -0.25) is 0 Å². The molecule has 3 rings (SSSR count). The zero-order valence-electron chi connectivity index (χ0n) is 13.8. The Bertz CT molecular complexity index is 414. The minimum absolute atomic E-state index is 0.110. The van der Waals surface area contributed by atoms with Gasteiger partial charge in [-0.25, -0.2) is 4.79 Å². The van der Waals surface area contributed by atoms with Gasteiger partial charge < -0.3 is 14.7 Å². The first kappa shape index (κ1) is 15.1. The molecule has 1 amide bonds. The highest BCUT2D eigenvalue weighted by Crippen LogP contribution is 2.64. The van der Waals surface area contributed by atoms with Crippen molar-refractivity contribution in [2.24, 2.45) is 23.2 Å². The molecule has 2 aliphatic carbocycles. The van der Waals surface area contributed by atoms with Crippen LogP contribution in [0.5, 0.6) is 0 Å². The fraction of sp³-hybridized carbons (Fsp3) is 0.941. The monoisotopic (exact) mass is 295 g/mol. The van der Waals surface area contributed by atoms with Crippen molar-refractivity contribution >= 4 is 6.09 Å². The lowest BCUT2D eigenvalue weighted by Gasteiger charge is -2.60. The number of hydrogen-bond donors (Lipinski definition) is 1. The Kier molecular flexibility index (Phi) is 3.51. The van der Waals surface area contributed by atoms with Crippen LogP contribution in [-0.2, 0) is 4.74 Å². The molecule has 0 aromatic carbocycles. The van der Waals surface area contributed by atoms with Gasteiger partial charge in [-0.2, -0.15) is 0 Å². The normalized spacial score (nSPS) is 42.0. The molecule has 3 aliphatic rings. The fourth-order valence-electron chi connectivity index (χ4n) is 5.03. The first-order chi connectivity index (χ1) is 9.78. The summed E-state index contributed by atoms with van der Waals surface area (Å²) in [6.07, 6.45) is 4.19. The minimum Gasteiger partial charge on any atom is -0.444 e. The maximum Gasteiger partial charge on any atom is 0.410 e. The summed E-state index contributed by atoms with van der Waals surface area (Å²) in [4.78, 5) is 14.2. The molecule has 1 saturated heterocycles. The molecule has 4 unspecified atom stereocenters. The van der Waals surface area contributed by atoms with E-state index in [0.717, 1.165) is 38.8 Å². The SMILES string of the molecule is CCC1CC2(C3CCC2CN(C(=O)OC(C)(C)C)C3)C1O.